The van der Waals surface area contributed by atoms with Crippen molar-refractivity contribution in [3.8, 4) is 0 Å². The number of carbonyl (C=O) groups excluding carboxylic acids is 2. The summed E-state index contributed by atoms with van der Waals surface area (Å²) in [5, 5.41) is 0. The van der Waals surface area contributed by atoms with Crippen LogP contribution in [0.25, 0.3) is 0 Å². The van der Waals surface area contributed by atoms with Gasteiger partial charge in [-0.3, -0.25) is 9.78 Å². The fourth-order valence-corrected chi connectivity index (χ4v) is 1.79. The lowest BCUT2D eigenvalue weighted by Crippen LogP contribution is -2.24. The standard InChI is InChI=1S/C14H11BrN2O3/c1-9(13(18)10-2-4-11(15)5-3-10)20-14(19)12-8-16-6-7-17-12/h2-9H,1H3/t9-/m0/s1. The average Bonchev–Trinajstić information content (AvgIpc) is 2.48. The highest BCUT2D eigenvalue weighted by atomic mass is 79.9. The quantitative estimate of drug-likeness (QED) is 0.635. The van der Waals surface area contributed by atoms with Crippen molar-refractivity contribution in [2.45, 2.75) is 13.0 Å². The van der Waals surface area contributed by atoms with Crippen LogP contribution in [0.15, 0.2) is 47.3 Å². The van der Waals surface area contributed by atoms with E-state index < -0.39 is 12.1 Å². The molecule has 0 aliphatic rings. The van der Waals surface area contributed by atoms with Gasteiger partial charge in [-0.1, -0.05) is 28.1 Å². The van der Waals surface area contributed by atoms with Gasteiger partial charge in [0.1, 0.15) is 0 Å². The van der Waals surface area contributed by atoms with Crippen LogP contribution in [0.3, 0.4) is 0 Å². The topological polar surface area (TPSA) is 69.2 Å². The highest BCUT2D eigenvalue weighted by molar-refractivity contribution is 9.10. The Morgan fingerprint density at radius 2 is 1.90 bits per heavy atom. The molecular weight excluding hydrogens is 324 g/mol. The third-order valence-corrected chi connectivity index (χ3v) is 3.08. The molecule has 0 N–H and O–H groups in total. The minimum atomic E-state index is -0.884. The number of hydrogen-bond acceptors (Lipinski definition) is 5. The fraction of sp³-hybridized carbons (Fsp3) is 0.143. The molecule has 102 valence electrons. The number of benzene rings is 1. The summed E-state index contributed by atoms with van der Waals surface area (Å²) in [6.45, 7) is 1.53. The molecule has 1 atom stereocenters. The van der Waals surface area contributed by atoms with Gasteiger partial charge in [0, 0.05) is 22.4 Å². The molecule has 5 nitrogen and oxygen atoms in total. The average molecular weight is 335 g/mol. The van der Waals surface area contributed by atoms with Crippen molar-refractivity contribution in [2.24, 2.45) is 0 Å². The maximum atomic E-state index is 12.1. The Morgan fingerprint density at radius 1 is 1.20 bits per heavy atom. The lowest BCUT2D eigenvalue weighted by atomic mass is 10.1. The normalized spacial score (nSPS) is 11.7. The Hall–Kier alpha value is -2.08. The summed E-state index contributed by atoms with van der Waals surface area (Å²) in [6.07, 6.45) is 3.25. The number of hydrogen-bond donors (Lipinski definition) is 0. The van der Waals surface area contributed by atoms with Crippen molar-refractivity contribution >= 4 is 27.7 Å². The summed E-state index contributed by atoms with van der Waals surface area (Å²) in [7, 11) is 0. The minimum absolute atomic E-state index is 0.0722. The number of rotatable bonds is 4. The van der Waals surface area contributed by atoms with Crippen molar-refractivity contribution in [2.75, 3.05) is 0 Å². The summed E-state index contributed by atoms with van der Waals surface area (Å²) in [5.74, 6) is -0.939. The monoisotopic (exact) mass is 334 g/mol. The molecule has 0 spiro atoms. The number of Topliss-reactive ketones (excluding diaryl/α,β-unsaturated/α-hetero) is 1. The molecule has 0 saturated heterocycles. The number of halogens is 1. The summed E-state index contributed by atoms with van der Waals surface area (Å²) >= 11 is 3.29. The van der Waals surface area contributed by atoms with Crippen LogP contribution in [0.2, 0.25) is 0 Å². The molecule has 0 saturated carbocycles. The molecule has 20 heavy (non-hydrogen) atoms. The largest absolute Gasteiger partial charge is 0.449 e. The first-order valence-electron chi connectivity index (χ1n) is 5.84. The number of ether oxygens (including phenoxy) is 1. The SMILES string of the molecule is C[C@H](OC(=O)c1cnccn1)C(=O)c1ccc(Br)cc1. The molecule has 1 heterocycles. The number of aromatic nitrogens is 2. The summed E-state index contributed by atoms with van der Waals surface area (Å²) in [5.41, 5.74) is 0.551. The van der Waals surface area contributed by atoms with Gasteiger partial charge in [0.15, 0.2) is 11.8 Å². The van der Waals surface area contributed by atoms with Gasteiger partial charge in [-0.2, -0.15) is 0 Å². The van der Waals surface area contributed by atoms with E-state index in [1.807, 2.05) is 0 Å². The van der Waals surface area contributed by atoms with E-state index in [1.165, 1.54) is 25.5 Å². The molecule has 2 aromatic rings. The molecule has 6 heteroatoms. The molecule has 0 unspecified atom stereocenters. The van der Waals surface area contributed by atoms with Gasteiger partial charge in [-0.15, -0.1) is 0 Å². The van der Waals surface area contributed by atoms with Crippen LogP contribution >= 0.6 is 15.9 Å². The van der Waals surface area contributed by atoms with Gasteiger partial charge in [-0.05, 0) is 19.1 Å². The second-order valence-corrected chi connectivity index (χ2v) is 4.93. The van der Waals surface area contributed by atoms with Crippen LogP contribution in [0.4, 0.5) is 0 Å². The van der Waals surface area contributed by atoms with Crippen LogP contribution in [0, 0.1) is 0 Å². The van der Waals surface area contributed by atoms with Crippen LogP contribution in [0.5, 0.6) is 0 Å². The van der Waals surface area contributed by atoms with Crippen LogP contribution in [-0.4, -0.2) is 27.8 Å². The van der Waals surface area contributed by atoms with E-state index >= 15 is 0 Å². The predicted octanol–water partition coefficient (Wildman–Crippen LogP) is 2.67. The van der Waals surface area contributed by atoms with Gasteiger partial charge in [0.2, 0.25) is 5.78 Å². The highest BCUT2D eigenvalue weighted by Gasteiger charge is 2.20. The number of esters is 1. The zero-order valence-electron chi connectivity index (χ0n) is 10.6. The van der Waals surface area contributed by atoms with E-state index in [1.54, 1.807) is 24.3 Å². The summed E-state index contributed by atoms with van der Waals surface area (Å²) < 4.78 is 5.95. The third-order valence-electron chi connectivity index (χ3n) is 2.55. The number of nitrogens with zero attached hydrogens (tertiary/aromatic N) is 2. The zero-order valence-corrected chi connectivity index (χ0v) is 12.2. The maximum absolute atomic E-state index is 12.1. The molecule has 0 aliphatic carbocycles. The van der Waals surface area contributed by atoms with Crippen LogP contribution in [-0.2, 0) is 4.74 Å². The lowest BCUT2D eigenvalue weighted by molar-refractivity contribution is 0.0312. The molecule has 0 amide bonds. The highest BCUT2D eigenvalue weighted by Crippen LogP contribution is 2.13. The molecule has 2 rings (SSSR count). The van der Waals surface area contributed by atoms with E-state index in [0.29, 0.717) is 5.56 Å². The van der Waals surface area contributed by atoms with Crippen molar-refractivity contribution in [1.82, 2.24) is 9.97 Å². The maximum Gasteiger partial charge on any atom is 0.359 e. The van der Waals surface area contributed by atoms with Crippen molar-refractivity contribution in [3.63, 3.8) is 0 Å². The Kier molecular flexibility index (Phi) is 4.57. The Bertz CT molecular complexity index is 614. The van der Waals surface area contributed by atoms with Gasteiger partial charge >= 0.3 is 5.97 Å². The molecular formula is C14H11BrN2O3. The summed E-state index contributed by atoms with van der Waals surface area (Å²) in [4.78, 5) is 31.4. The van der Waals surface area contributed by atoms with Crippen LogP contribution < -0.4 is 0 Å². The van der Waals surface area contributed by atoms with Gasteiger partial charge in [-0.25, -0.2) is 9.78 Å². The zero-order chi connectivity index (χ0) is 14.5. The first-order chi connectivity index (χ1) is 9.58. The second-order valence-electron chi connectivity index (χ2n) is 4.01. The van der Waals surface area contributed by atoms with Crippen LogP contribution in [0.1, 0.15) is 27.8 Å². The van der Waals surface area contributed by atoms with Crippen molar-refractivity contribution in [1.29, 1.82) is 0 Å². The Morgan fingerprint density at radius 3 is 2.50 bits per heavy atom. The first-order valence-corrected chi connectivity index (χ1v) is 6.64. The minimum Gasteiger partial charge on any atom is -0.449 e. The third kappa shape index (κ3) is 3.48. The van der Waals surface area contributed by atoms with Crippen molar-refractivity contribution in [3.05, 3.63) is 58.6 Å². The Balaban J connectivity index is 2.05. The molecule has 0 radical (unpaired) electrons. The van der Waals surface area contributed by atoms with Gasteiger partial charge in [0.25, 0.3) is 0 Å². The number of ketones is 1. The van der Waals surface area contributed by atoms with Gasteiger partial charge < -0.3 is 4.74 Å². The second kappa shape index (κ2) is 6.38. The smallest absolute Gasteiger partial charge is 0.359 e. The molecule has 0 bridgehead atoms. The van der Waals surface area contributed by atoms with E-state index in [-0.39, 0.29) is 11.5 Å². The van der Waals surface area contributed by atoms with E-state index in [0.717, 1.165) is 4.47 Å². The van der Waals surface area contributed by atoms with E-state index in [9.17, 15) is 9.59 Å². The van der Waals surface area contributed by atoms with E-state index in [2.05, 4.69) is 25.9 Å². The first kappa shape index (κ1) is 14.3. The van der Waals surface area contributed by atoms with Gasteiger partial charge in [0.05, 0.1) is 6.20 Å². The molecule has 1 aromatic heterocycles. The lowest BCUT2D eigenvalue weighted by Gasteiger charge is -2.11. The molecule has 0 fully saturated rings. The molecule has 1 aromatic carbocycles. The predicted molar refractivity (Wildman–Crippen MR) is 75.4 cm³/mol. The summed E-state index contributed by atoms with van der Waals surface area (Å²) in [6, 6.07) is 6.84. The van der Waals surface area contributed by atoms with E-state index in [4.69, 9.17) is 4.74 Å². The van der Waals surface area contributed by atoms with Crippen molar-refractivity contribution < 1.29 is 14.3 Å². The molecule has 0 aliphatic heterocycles. The fourth-order valence-electron chi connectivity index (χ4n) is 1.53. The Labute approximate surface area is 124 Å². The number of carbonyl (C=O) groups is 2.